The van der Waals surface area contributed by atoms with Crippen molar-refractivity contribution in [3.8, 4) is 0 Å². The number of carbonyl (C=O) groups is 1. The molecule has 0 radical (unpaired) electrons. The predicted octanol–water partition coefficient (Wildman–Crippen LogP) is 1.76. The van der Waals surface area contributed by atoms with E-state index in [2.05, 4.69) is 6.08 Å². The maximum atomic E-state index is 11.0. The molecule has 0 aromatic heterocycles. The molecular formula is C9H14O2. The highest BCUT2D eigenvalue weighted by atomic mass is 16.5. The lowest BCUT2D eigenvalue weighted by molar-refractivity contribution is -0.144. The Hall–Kier alpha value is -0.790. The first-order chi connectivity index (χ1) is 5.29. The van der Waals surface area contributed by atoms with Crippen molar-refractivity contribution in [1.82, 2.24) is 0 Å². The van der Waals surface area contributed by atoms with E-state index in [1.54, 1.807) is 0 Å². The molecule has 1 aliphatic rings. The molecule has 0 heterocycles. The number of carbonyl (C=O) groups excluding carboxylic acids is 1. The molecule has 2 heteroatoms. The molecule has 2 atom stereocenters. The van der Waals surface area contributed by atoms with Crippen LogP contribution in [0, 0.1) is 11.8 Å². The van der Waals surface area contributed by atoms with E-state index in [-0.39, 0.29) is 11.9 Å². The Labute approximate surface area is 67.2 Å². The van der Waals surface area contributed by atoms with Crippen LogP contribution in [-0.2, 0) is 9.53 Å². The minimum atomic E-state index is -0.0319. The third-order valence-electron chi connectivity index (χ3n) is 1.87. The van der Waals surface area contributed by atoms with E-state index in [0.29, 0.717) is 12.5 Å². The van der Waals surface area contributed by atoms with E-state index < -0.39 is 0 Å². The summed E-state index contributed by atoms with van der Waals surface area (Å²) in [5, 5.41) is 0. The summed E-state index contributed by atoms with van der Waals surface area (Å²) < 4.78 is 4.87. The Balaban J connectivity index is 2.26. The quantitative estimate of drug-likeness (QED) is 0.457. The van der Waals surface area contributed by atoms with Gasteiger partial charge in [-0.1, -0.05) is 12.2 Å². The van der Waals surface area contributed by atoms with Gasteiger partial charge in [-0.3, -0.25) is 4.79 Å². The van der Waals surface area contributed by atoms with E-state index in [1.807, 2.05) is 19.9 Å². The molecule has 11 heavy (non-hydrogen) atoms. The summed E-state index contributed by atoms with van der Waals surface area (Å²) in [5.41, 5.74) is 0. The van der Waals surface area contributed by atoms with Gasteiger partial charge >= 0.3 is 5.97 Å². The molecule has 1 fully saturated rings. The van der Waals surface area contributed by atoms with Crippen molar-refractivity contribution >= 4 is 5.97 Å². The van der Waals surface area contributed by atoms with Gasteiger partial charge in [0.25, 0.3) is 0 Å². The Morgan fingerprint density at radius 1 is 1.73 bits per heavy atom. The number of esters is 1. The van der Waals surface area contributed by atoms with Crippen LogP contribution in [0.3, 0.4) is 0 Å². The minimum Gasteiger partial charge on any atom is -0.466 e. The normalized spacial score (nSPS) is 28.9. The van der Waals surface area contributed by atoms with Gasteiger partial charge in [-0.05, 0) is 26.2 Å². The molecule has 1 saturated carbocycles. The SMILES string of the molecule is C/C=C/[C@@H]1C[C@H]1C(=O)OCC. The maximum absolute atomic E-state index is 11.0. The molecule has 0 aliphatic heterocycles. The van der Waals surface area contributed by atoms with Gasteiger partial charge in [-0.15, -0.1) is 0 Å². The zero-order chi connectivity index (χ0) is 8.27. The number of hydrogen-bond donors (Lipinski definition) is 0. The van der Waals surface area contributed by atoms with Crippen molar-refractivity contribution in [2.75, 3.05) is 6.61 Å². The van der Waals surface area contributed by atoms with Crippen LogP contribution < -0.4 is 0 Å². The second-order valence-corrected chi connectivity index (χ2v) is 2.78. The summed E-state index contributed by atoms with van der Waals surface area (Å²) in [6, 6.07) is 0. The van der Waals surface area contributed by atoms with E-state index in [1.165, 1.54) is 0 Å². The number of allylic oxidation sites excluding steroid dienone is 2. The van der Waals surface area contributed by atoms with Crippen LogP contribution in [0.4, 0.5) is 0 Å². The Kier molecular flexibility index (Phi) is 2.69. The Morgan fingerprint density at radius 2 is 2.45 bits per heavy atom. The summed E-state index contributed by atoms with van der Waals surface area (Å²) in [6.45, 7) is 4.31. The van der Waals surface area contributed by atoms with Gasteiger partial charge in [0, 0.05) is 0 Å². The van der Waals surface area contributed by atoms with Gasteiger partial charge in [-0.2, -0.15) is 0 Å². The summed E-state index contributed by atoms with van der Waals surface area (Å²) >= 11 is 0. The van der Waals surface area contributed by atoms with E-state index in [4.69, 9.17) is 4.74 Å². The average Bonchev–Trinajstić information content (AvgIpc) is 2.69. The third-order valence-corrected chi connectivity index (χ3v) is 1.87. The summed E-state index contributed by atoms with van der Waals surface area (Å²) in [7, 11) is 0. The highest BCUT2D eigenvalue weighted by Crippen LogP contribution is 2.40. The first kappa shape index (κ1) is 8.31. The van der Waals surface area contributed by atoms with E-state index in [0.717, 1.165) is 6.42 Å². The maximum Gasteiger partial charge on any atom is 0.309 e. The van der Waals surface area contributed by atoms with Gasteiger partial charge in [0.2, 0.25) is 0 Å². The van der Waals surface area contributed by atoms with Crippen molar-refractivity contribution in [1.29, 1.82) is 0 Å². The van der Waals surface area contributed by atoms with Gasteiger partial charge in [-0.25, -0.2) is 0 Å². The van der Waals surface area contributed by atoms with Crippen molar-refractivity contribution in [3.63, 3.8) is 0 Å². The standard InChI is InChI=1S/C9H14O2/c1-3-5-7-6-8(7)9(10)11-4-2/h3,5,7-8H,4,6H2,1-2H3/b5-3+/t7-,8-/m1/s1. The largest absolute Gasteiger partial charge is 0.466 e. The van der Waals surface area contributed by atoms with Crippen LogP contribution in [0.1, 0.15) is 20.3 Å². The third kappa shape index (κ3) is 2.07. The average molecular weight is 154 g/mol. The second-order valence-electron chi connectivity index (χ2n) is 2.78. The first-order valence-corrected chi connectivity index (χ1v) is 4.09. The monoisotopic (exact) mass is 154 g/mol. The molecule has 1 aliphatic carbocycles. The molecule has 0 aromatic carbocycles. The number of hydrogen-bond acceptors (Lipinski definition) is 2. The lowest BCUT2D eigenvalue weighted by atomic mass is 10.3. The Bertz CT molecular complexity index is 172. The molecule has 0 bridgehead atoms. The lowest BCUT2D eigenvalue weighted by Crippen LogP contribution is -2.06. The first-order valence-electron chi connectivity index (χ1n) is 4.09. The fourth-order valence-electron chi connectivity index (χ4n) is 1.19. The van der Waals surface area contributed by atoms with Crippen LogP contribution in [0.5, 0.6) is 0 Å². The zero-order valence-corrected chi connectivity index (χ0v) is 7.04. The van der Waals surface area contributed by atoms with E-state index >= 15 is 0 Å². The molecule has 1 rings (SSSR count). The van der Waals surface area contributed by atoms with Gasteiger partial charge < -0.3 is 4.74 Å². The minimum absolute atomic E-state index is 0.0319. The molecule has 0 saturated heterocycles. The molecule has 0 amide bonds. The smallest absolute Gasteiger partial charge is 0.309 e. The predicted molar refractivity (Wildman–Crippen MR) is 43.0 cm³/mol. The zero-order valence-electron chi connectivity index (χ0n) is 7.04. The van der Waals surface area contributed by atoms with Crippen LogP contribution >= 0.6 is 0 Å². The summed E-state index contributed by atoms with van der Waals surface area (Å²) in [5.74, 6) is 0.584. The lowest BCUT2D eigenvalue weighted by Gasteiger charge is -1.97. The molecule has 62 valence electrons. The van der Waals surface area contributed by atoms with Gasteiger partial charge in [0.1, 0.15) is 0 Å². The molecule has 0 N–H and O–H groups in total. The van der Waals surface area contributed by atoms with Crippen LogP contribution in [-0.4, -0.2) is 12.6 Å². The van der Waals surface area contributed by atoms with Crippen LogP contribution in [0.15, 0.2) is 12.2 Å². The van der Waals surface area contributed by atoms with Gasteiger partial charge in [0.15, 0.2) is 0 Å². The number of rotatable bonds is 3. The van der Waals surface area contributed by atoms with Crippen molar-refractivity contribution in [2.45, 2.75) is 20.3 Å². The van der Waals surface area contributed by atoms with Crippen LogP contribution in [0.2, 0.25) is 0 Å². The molecule has 2 nitrogen and oxygen atoms in total. The summed E-state index contributed by atoms with van der Waals surface area (Å²) in [4.78, 5) is 11.0. The van der Waals surface area contributed by atoms with Crippen molar-refractivity contribution < 1.29 is 9.53 Å². The highest BCUT2D eigenvalue weighted by molar-refractivity contribution is 5.76. The summed E-state index contributed by atoms with van der Waals surface area (Å²) in [6.07, 6.45) is 5.04. The second kappa shape index (κ2) is 3.56. The van der Waals surface area contributed by atoms with Crippen molar-refractivity contribution in [2.24, 2.45) is 11.8 Å². The number of ether oxygens (including phenoxy) is 1. The highest BCUT2D eigenvalue weighted by Gasteiger charge is 2.41. The fraction of sp³-hybridized carbons (Fsp3) is 0.667. The van der Waals surface area contributed by atoms with Gasteiger partial charge in [0.05, 0.1) is 12.5 Å². The van der Waals surface area contributed by atoms with Crippen LogP contribution in [0.25, 0.3) is 0 Å². The van der Waals surface area contributed by atoms with E-state index in [9.17, 15) is 4.79 Å². The van der Waals surface area contributed by atoms with Crippen molar-refractivity contribution in [3.05, 3.63) is 12.2 Å². The Morgan fingerprint density at radius 3 is 3.00 bits per heavy atom. The fourth-order valence-corrected chi connectivity index (χ4v) is 1.19. The molecule has 0 aromatic rings. The molecular weight excluding hydrogens is 140 g/mol. The topological polar surface area (TPSA) is 26.3 Å². The molecule has 0 unspecified atom stereocenters. The molecule has 0 spiro atoms.